The lowest BCUT2D eigenvalue weighted by atomic mass is 9.82. The number of ether oxygens (including phenoxy) is 2. The van der Waals surface area contributed by atoms with Crippen molar-refractivity contribution >= 4 is 6.16 Å². The maximum absolute atomic E-state index is 11.7. The molecular formula is C16H20O4. The van der Waals surface area contributed by atoms with Gasteiger partial charge < -0.3 is 14.6 Å². The molecule has 1 aliphatic rings. The van der Waals surface area contributed by atoms with Gasteiger partial charge in [-0.2, -0.15) is 0 Å². The van der Waals surface area contributed by atoms with Crippen LogP contribution in [0.5, 0.6) is 0 Å². The molecule has 0 aliphatic heterocycles. The number of carbonyl (C=O) groups is 1. The molecule has 20 heavy (non-hydrogen) atoms. The smallest absolute Gasteiger partial charge is 0.429 e. The number of benzene rings is 1. The Morgan fingerprint density at radius 2 is 2.15 bits per heavy atom. The molecule has 1 aromatic carbocycles. The minimum atomic E-state index is -0.680. The van der Waals surface area contributed by atoms with Crippen LogP contribution in [-0.2, 0) is 16.1 Å². The maximum Gasteiger partial charge on any atom is 0.509 e. The Morgan fingerprint density at radius 3 is 2.80 bits per heavy atom. The van der Waals surface area contributed by atoms with Gasteiger partial charge in [0.2, 0.25) is 0 Å². The second-order valence-electron chi connectivity index (χ2n) is 5.47. The summed E-state index contributed by atoms with van der Waals surface area (Å²) < 4.78 is 10.5. The fraction of sp³-hybridized carbons (Fsp3) is 0.438. The third-order valence-electron chi connectivity index (χ3n) is 3.55. The largest absolute Gasteiger partial charge is 0.509 e. The van der Waals surface area contributed by atoms with E-state index >= 15 is 0 Å². The third kappa shape index (κ3) is 3.84. The van der Waals surface area contributed by atoms with Gasteiger partial charge in [0.05, 0.1) is 6.10 Å². The standard InChI is InChI=1S/C16H20O4/c1-12-10-16(2,9-8-14(12)17)20-15(18)19-11-13-6-4-3-5-7-13/h3-7,14,17H,1,8-11H2,2H3/t14-,16+/m0/s1. The number of aliphatic hydroxyl groups is 1. The monoisotopic (exact) mass is 276 g/mol. The number of hydrogen-bond donors (Lipinski definition) is 1. The van der Waals surface area contributed by atoms with Gasteiger partial charge in [-0.05, 0) is 30.9 Å². The van der Waals surface area contributed by atoms with Crippen molar-refractivity contribution in [3.8, 4) is 0 Å². The minimum absolute atomic E-state index is 0.194. The van der Waals surface area contributed by atoms with E-state index in [2.05, 4.69) is 6.58 Å². The highest BCUT2D eigenvalue weighted by Gasteiger charge is 2.36. The van der Waals surface area contributed by atoms with Crippen LogP contribution in [0.15, 0.2) is 42.5 Å². The summed E-state index contributed by atoms with van der Waals surface area (Å²) in [6, 6.07) is 9.44. The zero-order chi connectivity index (χ0) is 14.6. The molecule has 0 bridgehead atoms. The van der Waals surface area contributed by atoms with Crippen molar-refractivity contribution in [2.24, 2.45) is 0 Å². The Labute approximate surface area is 119 Å². The van der Waals surface area contributed by atoms with Crippen LogP contribution in [0, 0.1) is 0 Å². The molecule has 0 saturated heterocycles. The molecule has 0 spiro atoms. The fourth-order valence-electron chi connectivity index (χ4n) is 2.37. The molecule has 0 aromatic heterocycles. The van der Waals surface area contributed by atoms with Gasteiger partial charge in [0.1, 0.15) is 12.2 Å². The number of hydrogen-bond acceptors (Lipinski definition) is 4. The summed E-state index contributed by atoms with van der Waals surface area (Å²) in [5.41, 5.74) is 0.983. The van der Waals surface area contributed by atoms with Crippen molar-refractivity contribution in [2.75, 3.05) is 0 Å². The summed E-state index contributed by atoms with van der Waals surface area (Å²) >= 11 is 0. The zero-order valence-corrected chi connectivity index (χ0v) is 11.7. The van der Waals surface area contributed by atoms with Crippen molar-refractivity contribution < 1.29 is 19.4 Å². The minimum Gasteiger partial charge on any atom is -0.429 e. The molecule has 4 heteroatoms. The molecular weight excluding hydrogens is 256 g/mol. The van der Waals surface area contributed by atoms with Gasteiger partial charge >= 0.3 is 6.16 Å². The zero-order valence-electron chi connectivity index (χ0n) is 11.7. The second-order valence-corrected chi connectivity index (χ2v) is 5.47. The van der Waals surface area contributed by atoms with Gasteiger partial charge in [-0.3, -0.25) is 0 Å². The van der Waals surface area contributed by atoms with E-state index in [0.717, 1.165) is 5.56 Å². The van der Waals surface area contributed by atoms with Crippen molar-refractivity contribution in [2.45, 2.75) is 44.5 Å². The average Bonchev–Trinajstić information content (AvgIpc) is 2.42. The fourth-order valence-corrected chi connectivity index (χ4v) is 2.37. The molecule has 4 nitrogen and oxygen atoms in total. The third-order valence-corrected chi connectivity index (χ3v) is 3.55. The predicted octanol–water partition coefficient (Wildman–Crippen LogP) is 3.20. The average molecular weight is 276 g/mol. The summed E-state index contributed by atoms with van der Waals surface area (Å²) in [7, 11) is 0. The number of carbonyl (C=O) groups excluding carboxylic acids is 1. The molecule has 0 heterocycles. The molecule has 1 saturated carbocycles. The molecule has 0 radical (unpaired) electrons. The van der Waals surface area contributed by atoms with Gasteiger partial charge in [0, 0.05) is 6.42 Å². The summed E-state index contributed by atoms with van der Waals surface area (Å²) in [4.78, 5) is 11.7. The Balaban J connectivity index is 1.83. The first kappa shape index (κ1) is 14.6. The molecule has 0 unspecified atom stereocenters. The normalized spacial score (nSPS) is 26.1. The van der Waals surface area contributed by atoms with Gasteiger partial charge in [-0.15, -0.1) is 0 Å². The Morgan fingerprint density at radius 1 is 1.45 bits per heavy atom. The van der Waals surface area contributed by atoms with Gasteiger partial charge in [0.15, 0.2) is 0 Å². The van der Waals surface area contributed by atoms with Crippen molar-refractivity contribution in [1.29, 1.82) is 0 Å². The van der Waals surface area contributed by atoms with Gasteiger partial charge in [-0.25, -0.2) is 4.79 Å². The van der Waals surface area contributed by atoms with Crippen molar-refractivity contribution in [1.82, 2.24) is 0 Å². The molecule has 1 aliphatic carbocycles. The van der Waals surface area contributed by atoms with Gasteiger partial charge in [0.25, 0.3) is 0 Å². The first-order valence-electron chi connectivity index (χ1n) is 6.74. The van der Waals surface area contributed by atoms with E-state index in [-0.39, 0.29) is 6.61 Å². The van der Waals surface area contributed by atoms with Crippen LogP contribution in [0.25, 0.3) is 0 Å². The summed E-state index contributed by atoms with van der Waals surface area (Å²) in [5.74, 6) is 0. The maximum atomic E-state index is 11.7. The van der Waals surface area contributed by atoms with E-state index in [1.807, 2.05) is 37.3 Å². The molecule has 1 N–H and O–H groups in total. The molecule has 1 fully saturated rings. The lowest BCUT2D eigenvalue weighted by Crippen LogP contribution is -2.38. The van der Waals surface area contributed by atoms with Crippen molar-refractivity contribution in [3.63, 3.8) is 0 Å². The van der Waals surface area contributed by atoms with Crippen LogP contribution in [0.3, 0.4) is 0 Å². The van der Waals surface area contributed by atoms with Crippen LogP contribution in [0.1, 0.15) is 31.7 Å². The van der Waals surface area contributed by atoms with E-state index in [4.69, 9.17) is 9.47 Å². The number of rotatable bonds is 3. The summed E-state index contributed by atoms with van der Waals surface area (Å²) in [6.07, 6.45) is 0.455. The molecule has 2 atom stereocenters. The molecule has 108 valence electrons. The highest BCUT2D eigenvalue weighted by Crippen LogP contribution is 2.34. The molecule has 1 aromatic rings. The molecule has 0 amide bonds. The lowest BCUT2D eigenvalue weighted by Gasteiger charge is -2.36. The lowest BCUT2D eigenvalue weighted by molar-refractivity contribution is -0.0490. The highest BCUT2D eigenvalue weighted by molar-refractivity contribution is 5.60. The van der Waals surface area contributed by atoms with Crippen LogP contribution in [0.4, 0.5) is 4.79 Å². The quantitative estimate of drug-likeness (QED) is 0.680. The van der Waals surface area contributed by atoms with E-state index in [9.17, 15) is 9.90 Å². The van der Waals surface area contributed by atoms with Gasteiger partial charge in [-0.1, -0.05) is 36.9 Å². The SMILES string of the molecule is C=C1C[C@](C)(OC(=O)OCc2ccccc2)CC[C@@H]1O. The van der Waals surface area contributed by atoms with E-state index < -0.39 is 17.9 Å². The van der Waals surface area contributed by atoms with E-state index in [1.54, 1.807) is 0 Å². The Hall–Kier alpha value is -1.81. The van der Waals surface area contributed by atoms with Crippen LogP contribution in [-0.4, -0.2) is 23.0 Å². The van der Waals surface area contributed by atoms with E-state index in [1.165, 1.54) is 0 Å². The summed E-state index contributed by atoms with van der Waals surface area (Å²) in [6.45, 7) is 5.84. The van der Waals surface area contributed by atoms with Crippen LogP contribution < -0.4 is 0 Å². The Kier molecular flexibility index (Phi) is 4.45. The van der Waals surface area contributed by atoms with Crippen LogP contribution in [0.2, 0.25) is 0 Å². The summed E-state index contributed by atoms with van der Waals surface area (Å²) in [5, 5.41) is 9.62. The molecule has 2 rings (SSSR count). The Bertz CT molecular complexity index is 483. The first-order valence-corrected chi connectivity index (χ1v) is 6.74. The van der Waals surface area contributed by atoms with Crippen molar-refractivity contribution in [3.05, 3.63) is 48.0 Å². The van der Waals surface area contributed by atoms with E-state index in [0.29, 0.717) is 24.8 Å². The number of aliphatic hydroxyl groups excluding tert-OH is 1. The first-order chi connectivity index (χ1) is 9.48. The second kappa shape index (κ2) is 6.09. The van der Waals surface area contributed by atoms with Crippen LogP contribution >= 0.6 is 0 Å². The highest BCUT2D eigenvalue weighted by atomic mass is 16.7. The predicted molar refractivity (Wildman–Crippen MR) is 75.1 cm³/mol. The topological polar surface area (TPSA) is 55.8 Å².